The fraction of sp³-hybridized carbons (Fsp3) is 0.286. The Morgan fingerprint density at radius 1 is 1.33 bits per heavy atom. The van der Waals surface area contributed by atoms with E-state index in [2.05, 4.69) is 10.3 Å². The van der Waals surface area contributed by atoms with Gasteiger partial charge < -0.3 is 9.73 Å². The molecule has 1 N–H and O–H groups in total. The van der Waals surface area contributed by atoms with Crippen LogP contribution in [0.25, 0.3) is 0 Å². The molecule has 0 fully saturated rings. The topological polar surface area (TPSA) is 55.1 Å². The van der Waals surface area contributed by atoms with Crippen LogP contribution in [-0.2, 0) is 17.8 Å². The van der Waals surface area contributed by atoms with E-state index in [0.29, 0.717) is 18.9 Å². The Balaban J connectivity index is 1.73. The van der Waals surface area contributed by atoms with E-state index in [1.807, 2.05) is 37.3 Å². The predicted molar refractivity (Wildman–Crippen MR) is 67.8 cm³/mol. The van der Waals surface area contributed by atoms with Gasteiger partial charge in [-0.05, 0) is 18.9 Å². The van der Waals surface area contributed by atoms with Crippen molar-refractivity contribution in [3.8, 4) is 0 Å². The monoisotopic (exact) mass is 244 g/mol. The number of hydrogen-bond acceptors (Lipinski definition) is 3. The van der Waals surface area contributed by atoms with Crippen LogP contribution in [0.1, 0.15) is 23.6 Å². The van der Waals surface area contributed by atoms with Crippen molar-refractivity contribution in [1.29, 1.82) is 0 Å². The quantitative estimate of drug-likeness (QED) is 0.877. The summed E-state index contributed by atoms with van der Waals surface area (Å²) in [5, 5.41) is 2.79. The van der Waals surface area contributed by atoms with Gasteiger partial charge in [-0.15, -0.1) is 0 Å². The van der Waals surface area contributed by atoms with Crippen molar-refractivity contribution in [3.05, 3.63) is 53.7 Å². The van der Waals surface area contributed by atoms with E-state index in [1.54, 1.807) is 6.20 Å². The van der Waals surface area contributed by atoms with Crippen molar-refractivity contribution in [1.82, 2.24) is 10.3 Å². The van der Waals surface area contributed by atoms with Crippen molar-refractivity contribution < 1.29 is 9.21 Å². The standard InChI is InChI=1S/C14H16N2O2/c1-11-9-16-14(18-11)10-15-13(17)8-7-12-5-3-2-4-6-12/h2-6,9H,7-8,10H2,1H3,(H,15,17). The fourth-order valence-corrected chi connectivity index (χ4v) is 1.65. The van der Waals surface area contributed by atoms with E-state index in [0.717, 1.165) is 12.2 Å². The molecule has 4 heteroatoms. The summed E-state index contributed by atoms with van der Waals surface area (Å²) in [7, 11) is 0. The molecule has 0 atom stereocenters. The summed E-state index contributed by atoms with van der Waals surface area (Å²) < 4.78 is 5.27. The van der Waals surface area contributed by atoms with Crippen LogP contribution in [0.15, 0.2) is 40.9 Å². The van der Waals surface area contributed by atoms with Crippen LogP contribution in [0, 0.1) is 6.92 Å². The first-order valence-corrected chi connectivity index (χ1v) is 5.96. The van der Waals surface area contributed by atoms with Gasteiger partial charge in [0.2, 0.25) is 11.8 Å². The van der Waals surface area contributed by atoms with E-state index in [-0.39, 0.29) is 5.91 Å². The summed E-state index contributed by atoms with van der Waals surface area (Å²) in [4.78, 5) is 15.6. The molecule has 0 saturated heterocycles. The summed E-state index contributed by atoms with van der Waals surface area (Å²) in [5.41, 5.74) is 1.17. The smallest absolute Gasteiger partial charge is 0.220 e. The molecule has 0 aliphatic carbocycles. The van der Waals surface area contributed by atoms with Gasteiger partial charge >= 0.3 is 0 Å². The number of rotatable bonds is 5. The molecule has 0 spiro atoms. The molecule has 94 valence electrons. The van der Waals surface area contributed by atoms with E-state index < -0.39 is 0 Å². The first-order valence-electron chi connectivity index (χ1n) is 5.96. The van der Waals surface area contributed by atoms with Crippen LogP contribution in [0.3, 0.4) is 0 Å². The largest absolute Gasteiger partial charge is 0.444 e. The highest BCUT2D eigenvalue weighted by molar-refractivity contribution is 5.76. The zero-order valence-electron chi connectivity index (χ0n) is 10.3. The number of nitrogens with zero attached hydrogens (tertiary/aromatic N) is 1. The molecule has 1 heterocycles. The van der Waals surface area contributed by atoms with Crippen LogP contribution in [0.4, 0.5) is 0 Å². The Kier molecular flexibility index (Phi) is 4.12. The molecule has 0 saturated carbocycles. The van der Waals surface area contributed by atoms with Crippen LogP contribution in [0.5, 0.6) is 0 Å². The molecule has 1 amide bonds. The average molecular weight is 244 g/mol. The summed E-state index contributed by atoms with van der Waals surface area (Å²) in [6.07, 6.45) is 2.87. The molecule has 0 aliphatic rings. The second-order valence-electron chi connectivity index (χ2n) is 4.13. The third kappa shape index (κ3) is 3.73. The number of aromatic nitrogens is 1. The number of hydrogen-bond donors (Lipinski definition) is 1. The highest BCUT2D eigenvalue weighted by Gasteiger charge is 2.05. The average Bonchev–Trinajstić information content (AvgIpc) is 2.81. The van der Waals surface area contributed by atoms with Gasteiger partial charge in [0.05, 0.1) is 12.7 Å². The number of nitrogens with one attached hydrogen (secondary N) is 1. The SMILES string of the molecule is Cc1cnc(CNC(=O)CCc2ccccc2)o1. The Morgan fingerprint density at radius 2 is 2.11 bits per heavy atom. The molecule has 2 aromatic rings. The Labute approximate surface area is 106 Å². The minimum Gasteiger partial charge on any atom is -0.444 e. The maximum atomic E-state index is 11.6. The summed E-state index contributed by atoms with van der Waals surface area (Å²) >= 11 is 0. The molecule has 1 aromatic carbocycles. The second-order valence-corrected chi connectivity index (χ2v) is 4.13. The summed E-state index contributed by atoms with van der Waals surface area (Å²) in [6.45, 7) is 2.18. The van der Waals surface area contributed by atoms with Gasteiger partial charge in [0.15, 0.2) is 0 Å². The third-order valence-electron chi connectivity index (χ3n) is 2.59. The van der Waals surface area contributed by atoms with Gasteiger partial charge in [0.1, 0.15) is 5.76 Å². The summed E-state index contributed by atoms with van der Waals surface area (Å²) in [5.74, 6) is 1.30. The third-order valence-corrected chi connectivity index (χ3v) is 2.59. The van der Waals surface area contributed by atoms with Crippen molar-refractivity contribution in [2.45, 2.75) is 26.3 Å². The fourth-order valence-electron chi connectivity index (χ4n) is 1.65. The number of amides is 1. The van der Waals surface area contributed by atoms with Crippen LogP contribution in [-0.4, -0.2) is 10.9 Å². The molecule has 0 radical (unpaired) electrons. The van der Waals surface area contributed by atoms with Crippen LogP contribution < -0.4 is 5.32 Å². The number of oxazole rings is 1. The zero-order valence-corrected chi connectivity index (χ0v) is 10.3. The highest BCUT2D eigenvalue weighted by Crippen LogP contribution is 2.03. The highest BCUT2D eigenvalue weighted by atomic mass is 16.4. The molecule has 0 unspecified atom stereocenters. The molecular formula is C14H16N2O2. The minimum atomic E-state index is 0.00899. The number of benzene rings is 1. The Morgan fingerprint density at radius 3 is 2.78 bits per heavy atom. The van der Waals surface area contributed by atoms with E-state index in [9.17, 15) is 4.79 Å². The molecule has 2 rings (SSSR count). The lowest BCUT2D eigenvalue weighted by Crippen LogP contribution is -2.23. The van der Waals surface area contributed by atoms with Crippen LogP contribution in [0.2, 0.25) is 0 Å². The second kappa shape index (κ2) is 6.00. The number of carbonyl (C=O) groups excluding carboxylic acids is 1. The molecule has 18 heavy (non-hydrogen) atoms. The minimum absolute atomic E-state index is 0.00899. The van der Waals surface area contributed by atoms with E-state index in [4.69, 9.17) is 4.42 Å². The Bertz CT molecular complexity index is 506. The molecule has 0 bridgehead atoms. The van der Waals surface area contributed by atoms with Crippen molar-refractivity contribution in [2.24, 2.45) is 0 Å². The van der Waals surface area contributed by atoms with E-state index in [1.165, 1.54) is 5.56 Å². The summed E-state index contributed by atoms with van der Waals surface area (Å²) in [6, 6.07) is 9.95. The first-order chi connectivity index (χ1) is 8.74. The van der Waals surface area contributed by atoms with Crippen LogP contribution >= 0.6 is 0 Å². The van der Waals surface area contributed by atoms with Gasteiger partial charge in [-0.3, -0.25) is 4.79 Å². The van der Waals surface area contributed by atoms with Crippen molar-refractivity contribution >= 4 is 5.91 Å². The maximum absolute atomic E-state index is 11.6. The van der Waals surface area contributed by atoms with Gasteiger partial charge in [-0.25, -0.2) is 4.98 Å². The van der Waals surface area contributed by atoms with Gasteiger partial charge in [0.25, 0.3) is 0 Å². The molecule has 0 aliphatic heterocycles. The van der Waals surface area contributed by atoms with E-state index >= 15 is 0 Å². The van der Waals surface area contributed by atoms with Gasteiger partial charge in [-0.1, -0.05) is 30.3 Å². The maximum Gasteiger partial charge on any atom is 0.220 e. The van der Waals surface area contributed by atoms with Gasteiger partial charge in [0, 0.05) is 6.42 Å². The van der Waals surface area contributed by atoms with Crippen molar-refractivity contribution in [3.63, 3.8) is 0 Å². The lowest BCUT2D eigenvalue weighted by atomic mass is 10.1. The molecule has 4 nitrogen and oxygen atoms in total. The number of aryl methyl sites for hydroxylation is 2. The van der Waals surface area contributed by atoms with Crippen molar-refractivity contribution in [2.75, 3.05) is 0 Å². The number of carbonyl (C=O) groups is 1. The van der Waals surface area contributed by atoms with Gasteiger partial charge in [-0.2, -0.15) is 0 Å². The lowest BCUT2D eigenvalue weighted by Gasteiger charge is -2.03. The predicted octanol–water partition coefficient (Wildman–Crippen LogP) is 2.23. The lowest BCUT2D eigenvalue weighted by molar-refractivity contribution is -0.121. The molecule has 1 aromatic heterocycles. The zero-order chi connectivity index (χ0) is 12.8. The molecular weight excluding hydrogens is 228 g/mol. The first kappa shape index (κ1) is 12.4. The normalized spacial score (nSPS) is 10.3. The Hall–Kier alpha value is -2.10.